The first-order chi connectivity index (χ1) is 11.6. The van der Waals surface area contributed by atoms with Crippen molar-refractivity contribution in [2.24, 2.45) is 4.99 Å². The third-order valence-corrected chi connectivity index (χ3v) is 4.75. The first kappa shape index (κ1) is 21.9. The molecule has 0 amide bonds. The second kappa shape index (κ2) is 11.5. The molecule has 0 bridgehead atoms. The summed E-state index contributed by atoms with van der Waals surface area (Å²) in [5, 5.41) is 7.72. The molecule has 0 aliphatic rings. The fourth-order valence-electron chi connectivity index (χ4n) is 2.28. The van der Waals surface area contributed by atoms with Crippen LogP contribution in [0.1, 0.15) is 35.5 Å². The molecule has 0 aliphatic heterocycles. The van der Waals surface area contributed by atoms with Gasteiger partial charge in [0.05, 0.1) is 18.8 Å². The van der Waals surface area contributed by atoms with Crippen molar-refractivity contribution in [3.8, 4) is 0 Å². The highest BCUT2D eigenvalue weighted by molar-refractivity contribution is 14.0. The minimum Gasteiger partial charge on any atom is -0.468 e. The summed E-state index contributed by atoms with van der Waals surface area (Å²) >= 11 is 1.72. The third kappa shape index (κ3) is 6.95. The Labute approximate surface area is 171 Å². The lowest BCUT2D eigenvalue weighted by atomic mass is 10.2. The largest absolute Gasteiger partial charge is 0.468 e. The summed E-state index contributed by atoms with van der Waals surface area (Å²) < 4.78 is 5.54. The molecule has 140 valence electrons. The summed E-state index contributed by atoms with van der Waals surface area (Å²) in [6, 6.07) is 4.06. The molecule has 0 fully saturated rings. The van der Waals surface area contributed by atoms with Gasteiger partial charge in [-0.3, -0.25) is 4.90 Å². The van der Waals surface area contributed by atoms with Crippen LogP contribution in [0, 0.1) is 0 Å². The Morgan fingerprint density at radius 1 is 1.36 bits per heavy atom. The Morgan fingerprint density at radius 3 is 2.72 bits per heavy atom. The highest BCUT2D eigenvalue weighted by Crippen LogP contribution is 2.17. The maximum absolute atomic E-state index is 5.54. The fourth-order valence-corrected chi connectivity index (χ4v) is 3.07. The van der Waals surface area contributed by atoms with Crippen LogP contribution in [0.5, 0.6) is 0 Å². The monoisotopic (exact) mass is 477 g/mol. The lowest BCUT2D eigenvalue weighted by molar-refractivity contribution is 0.258. The predicted octanol–water partition coefficient (Wildman–Crippen LogP) is 3.27. The number of nitrogens with zero attached hydrogens (tertiary/aromatic N) is 3. The van der Waals surface area contributed by atoms with Gasteiger partial charge in [-0.15, -0.1) is 35.3 Å². The van der Waals surface area contributed by atoms with Crippen LogP contribution >= 0.6 is 35.3 Å². The number of guanidine groups is 1. The fraction of sp³-hybridized carbons (Fsp3) is 0.529. The molecule has 2 rings (SSSR count). The number of rotatable bonds is 8. The molecule has 8 heteroatoms. The van der Waals surface area contributed by atoms with E-state index >= 15 is 0 Å². The zero-order valence-corrected chi connectivity index (χ0v) is 18.4. The van der Waals surface area contributed by atoms with Crippen LogP contribution in [0.3, 0.4) is 0 Å². The van der Waals surface area contributed by atoms with Crippen molar-refractivity contribution in [3.05, 3.63) is 40.2 Å². The van der Waals surface area contributed by atoms with Gasteiger partial charge in [-0.05, 0) is 39.6 Å². The van der Waals surface area contributed by atoms with Crippen LogP contribution in [-0.2, 0) is 13.0 Å². The first-order valence-electron chi connectivity index (χ1n) is 8.29. The zero-order valence-electron chi connectivity index (χ0n) is 15.3. The van der Waals surface area contributed by atoms with Crippen LogP contribution < -0.4 is 10.6 Å². The van der Waals surface area contributed by atoms with E-state index in [-0.39, 0.29) is 30.0 Å². The summed E-state index contributed by atoms with van der Waals surface area (Å²) in [5.41, 5.74) is 0. The topological polar surface area (TPSA) is 65.7 Å². The summed E-state index contributed by atoms with van der Waals surface area (Å²) in [6.07, 6.45) is 4.67. The summed E-state index contributed by atoms with van der Waals surface area (Å²) in [4.78, 5) is 12.5. The Morgan fingerprint density at radius 2 is 2.16 bits per heavy atom. The smallest absolute Gasteiger partial charge is 0.191 e. The van der Waals surface area contributed by atoms with Gasteiger partial charge in [-0.2, -0.15) is 0 Å². The summed E-state index contributed by atoms with van der Waals surface area (Å²) in [7, 11) is 4.08. The number of hydrogen-bond acceptors (Lipinski definition) is 5. The summed E-state index contributed by atoms with van der Waals surface area (Å²) in [5.74, 6) is 1.74. The minimum absolute atomic E-state index is 0. The van der Waals surface area contributed by atoms with Crippen molar-refractivity contribution in [3.63, 3.8) is 0 Å². The molecule has 2 aromatic rings. The quantitative estimate of drug-likeness (QED) is 0.347. The molecule has 0 spiro atoms. The van der Waals surface area contributed by atoms with Crippen LogP contribution in [0.25, 0.3) is 0 Å². The van der Waals surface area contributed by atoms with E-state index in [9.17, 15) is 0 Å². The van der Waals surface area contributed by atoms with Gasteiger partial charge in [-0.25, -0.2) is 9.98 Å². The van der Waals surface area contributed by atoms with E-state index < -0.39 is 0 Å². The van der Waals surface area contributed by atoms with Crippen molar-refractivity contribution in [1.82, 2.24) is 20.5 Å². The Balaban J connectivity index is 0.00000312. The Hall–Kier alpha value is -1.13. The molecule has 0 aromatic carbocycles. The molecule has 0 saturated heterocycles. The Kier molecular flexibility index (Phi) is 10.1. The van der Waals surface area contributed by atoms with Crippen LogP contribution in [0.4, 0.5) is 0 Å². The van der Waals surface area contributed by atoms with Crippen molar-refractivity contribution in [1.29, 1.82) is 0 Å². The van der Waals surface area contributed by atoms with Crippen molar-refractivity contribution in [2.45, 2.75) is 32.9 Å². The molecular formula is C17H28IN5OS. The van der Waals surface area contributed by atoms with Gasteiger partial charge in [-0.1, -0.05) is 6.92 Å². The lowest BCUT2D eigenvalue weighted by Gasteiger charge is -2.23. The SMILES string of the molecule is CCNC(=NCc1ncc(CC)s1)NCC(c1ccco1)N(C)C.I. The molecule has 2 heterocycles. The number of nitrogens with one attached hydrogen (secondary N) is 2. The predicted molar refractivity (Wildman–Crippen MR) is 115 cm³/mol. The number of aromatic nitrogens is 1. The van der Waals surface area contributed by atoms with E-state index in [0.717, 1.165) is 29.7 Å². The number of aliphatic imine (C=N–C) groups is 1. The van der Waals surface area contributed by atoms with Gasteiger partial charge in [0.1, 0.15) is 10.8 Å². The number of thiazole rings is 1. The molecule has 1 atom stereocenters. The zero-order chi connectivity index (χ0) is 17.4. The van der Waals surface area contributed by atoms with E-state index in [0.29, 0.717) is 13.1 Å². The molecule has 25 heavy (non-hydrogen) atoms. The van der Waals surface area contributed by atoms with Crippen molar-refractivity contribution < 1.29 is 4.42 Å². The molecule has 2 N–H and O–H groups in total. The van der Waals surface area contributed by atoms with Gasteiger partial charge in [0.15, 0.2) is 5.96 Å². The highest BCUT2D eigenvalue weighted by atomic mass is 127. The molecule has 2 aromatic heterocycles. The van der Waals surface area contributed by atoms with Gasteiger partial charge in [0.2, 0.25) is 0 Å². The molecule has 0 radical (unpaired) electrons. The van der Waals surface area contributed by atoms with E-state index in [1.165, 1.54) is 4.88 Å². The molecule has 6 nitrogen and oxygen atoms in total. The second-order valence-corrected chi connectivity index (χ2v) is 6.84. The Bertz CT molecular complexity index is 627. The highest BCUT2D eigenvalue weighted by Gasteiger charge is 2.17. The van der Waals surface area contributed by atoms with Crippen LogP contribution in [-0.4, -0.2) is 43.0 Å². The van der Waals surface area contributed by atoms with Crippen molar-refractivity contribution >= 4 is 41.3 Å². The number of furan rings is 1. The maximum atomic E-state index is 5.54. The van der Waals surface area contributed by atoms with Gasteiger partial charge in [0.25, 0.3) is 0 Å². The van der Waals surface area contributed by atoms with Gasteiger partial charge < -0.3 is 15.1 Å². The first-order valence-corrected chi connectivity index (χ1v) is 9.11. The van der Waals surface area contributed by atoms with Crippen LogP contribution in [0.2, 0.25) is 0 Å². The maximum Gasteiger partial charge on any atom is 0.191 e. The summed E-state index contributed by atoms with van der Waals surface area (Å²) in [6.45, 7) is 6.32. The molecule has 0 saturated carbocycles. The third-order valence-electron chi connectivity index (χ3n) is 3.62. The van der Waals surface area contributed by atoms with E-state index in [2.05, 4.69) is 39.4 Å². The molecule has 0 aliphatic carbocycles. The lowest BCUT2D eigenvalue weighted by Crippen LogP contribution is -2.41. The van der Waals surface area contributed by atoms with E-state index in [4.69, 9.17) is 4.42 Å². The average Bonchev–Trinajstić information content (AvgIpc) is 3.24. The van der Waals surface area contributed by atoms with Crippen LogP contribution in [0.15, 0.2) is 34.0 Å². The standard InChI is InChI=1S/C17H27N5OS.HI/c1-5-13-10-19-16(24-13)12-21-17(18-6-2)20-11-14(22(3)4)15-8-7-9-23-15;/h7-10,14H,5-6,11-12H2,1-4H3,(H2,18,20,21);1H. The molecular weight excluding hydrogens is 449 g/mol. The van der Waals surface area contributed by atoms with Gasteiger partial charge in [0, 0.05) is 24.2 Å². The van der Waals surface area contributed by atoms with E-state index in [1.807, 2.05) is 32.4 Å². The van der Waals surface area contributed by atoms with E-state index in [1.54, 1.807) is 17.6 Å². The normalized spacial score (nSPS) is 12.8. The second-order valence-electron chi connectivity index (χ2n) is 5.64. The number of hydrogen-bond donors (Lipinski definition) is 2. The minimum atomic E-state index is 0. The van der Waals surface area contributed by atoms with Gasteiger partial charge >= 0.3 is 0 Å². The van der Waals surface area contributed by atoms with Crippen molar-refractivity contribution in [2.75, 3.05) is 27.2 Å². The average molecular weight is 477 g/mol. The number of halogens is 1. The number of likely N-dealkylation sites (N-methyl/N-ethyl adjacent to an activating group) is 1. The molecule has 1 unspecified atom stereocenters. The number of aryl methyl sites for hydroxylation is 1.